The molecule has 0 N–H and O–H groups in total. The van der Waals surface area contributed by atoms with Crippen LogP contribution in [0.4, 0.5) is 0 Å². The Hall–Kier alpha value is -0.570. The van der Waals surface area contributed by atoms with Crippen LogP contribution in [0.25, 0.3) is 0 Å². The van der Waals surface area contributed by atoms with Gasteiger partial charge < -0.3 is 9.64 Å². The van der Waals surface area contributed by atoms with E-state index in [1.54, 1.807) is 0 Å². The summed E-state index contributed by atoms with van der Waals surface area (Å²) in [7, 11) is 0. The van der Waals surface area contributed by atoms with Crippen molar-refractivity contribution in [2.45, 2.75) is 96.8 Å². The second-order valence-electron chi connectivity index (χ2n) is 6.99. The SMILES string of the molecule is CCCCCCCCCCCCCCCC(=O)N1CCOCC1. The first-order chi connectivity index (χ1) is 11.3. The second kappa shape index (κ2) is 15.0. The van der Waals surface area contributed by atoms with E-state index in [0.717, 1.165) is 25.9 Å². The molecular weight excluding hydrogens is 286 g/mol. The Morgan fingerprint density at radius 1 is 0.739 bits per heavy atom. The number of rotatable bonds is 14. The van der Waals surface area contributed by atoms with Crippen LogP contribution in [-0.2, 0) is 9.53 Å². The minimum Gasteiger partial charge on any atom is -0.378 e. The van der Waals surface area contributed by atoms with Gasteiger partial charge in [0.15, 0.2) is 0 Å². The molecule has 0 radical (unpaired) electrons. The summed E-state index contributed by atoms with van der Waals surface area (Å²) in [5, 5.41) is 0. The van der Waals surface area contributed by atoms with Gasteiger partial charge in [-0.25, -0.2) is 0 Å². The third-order valence-corrected chi connectivity index (χ3v) is 4.86. The number of hydrogen-bond donors (Lipinski definition) is 0. The van der Waals surface area contributed by atoms with Gasteiger partial charge in [-0.05, 0) is 6.42 Å². The van der Waals surface area contributed by atoms with Crippen molar-refractivity contribution in [1.29, 1.82) is 0 Å². The van der Waals surface area contributed by atoms with Crippen LogP contribution in [-0.4, -0.2) is 37.1 Å². The van der Waals surface area contributed by atoms with Crippen LogP contribution in [0, 0.1) is 0 Å². The Balaban J connectivity index is 1.76. The van der Waals surface area contributed by atoms with Gasteiger partial charge in [-0.2, -0.15) is 0 Å². The van der Waals surface area contributed by atoms with Crippen LogP contribution in [0.3, 0.4) is 0 Å². The minimum absolute atomic E-state index is 0.330. The summed E-state index contributed by atoms with van der Waals surface area (Å²) in [6.07, 6.45) is 18.3. The van der Waals surface area contributed by atoms with Gasteiger partial charge >= 0.3 is 0 Å². The normalized spacial score (nSPS) is 15.1. The number of unbranched alkanes of at least 4 members (excludes halogenated alkanes) is 12. The Labute approximate surface area is 144 Å². The van der Waals surface area contributed by atoms with E-state index in [0.29, 0.717) is 19.1 Å². The first kappa shape index (κ1) is 20.5. The molecular formula is C20H39NO2. The number of amides is 1. The largest absolute Gasteiger partial charge is 0.378 e. The molecule has 0 aromatic rings. The number of morpholine rings is 1. The van der Waals surface area contributed by atoms with Crippen molar-refractivity contribution in [3.8, 4) is 0 Å². The van der Waals surface area contributed by atoms with E-state index in [2.05, 4.69) is 6.92 Å². The molecule has 1 amide bonds. The summed E-state index contributed by atoms with van der Waals surface area (Å²) in [6.45, 7) is 5.28. The average molecular weight is 326 g/mol. The molecule has 23 heavy (non-hydrogen) atoms. The Morgan fingerprint density at radius 3 is 1.65 bits per heavy atom. The molecule has 0 aromatic heterocycles. The lowest BCUT2D eigenvalue weighted by molar-refractivity contribution is -0.135. The van der Waals surface area contributed by atoms with Crippen LogP contribution in [0.2, 0.25) is 0 Å². The summed E-state index contributed by atoms with van der Waals surface area (Å²) < 4.78 is 5.28. The Morgan fingerprint density at radius 2 is 1.17 bits per heavy atom. The highest BCUT2D eigenvalue weighted by molar-refractivity contribution is 5.76. The van der Waals surface area contributed by atoms with Gasteiger partial charge in [0.2, 0.25) is 5.91 Å². The minimum atomic E-state index is 0.330. The van der Waals surface area contributed by atoms with E-state index in [1.807, 2.05) is 4.90 Å². The van der Waals surface area contributed by atoms with Gasteiger partial charge in [0, 0.05) is 19.5 Å². The third-order valence-electron chi connectivity index (χ3n) is 4.86. The molecule has 0 aliphatic carbocycles. The van der Waals surface area contributed by atoms with Crippen molar-refractivity contribution in [3.05, 3.63) is 0 Å². The van der Waals surface area contributed by atoms with Gasteiger partial charge in [0.25, 0.3) is 0 Å². The number of carbonyl (C=O) groups excluding carboxylic acids is 1. The lowest BCUT2D eigenvalue weighted by Crippen LogP contribution is -2.40. The molecule has 1 aliphatic rings. The Kier molecular flexibility index (Phi) is 13.3. The van der Waals surface area contributed by atoms with E-state index in [-0.39, 0.29) is 0 Å². The van der Waals surface area contributed by atoms with Gasteiger partial charge in [-0.15, -0.1) is 0 Å². The molecule has 1 aliphatic heterocycles. The molecule has 136 valence electrons. The maximum absolute atomic E-state index is 12.0. The van der Waals surface area contributed by atoms with Crippen molar-refractivity contribution in [1.82, 2.24) is 4.90 Å². The standard InChI is InChI=1S/C20H39NO2/c1-2-3-4-5-6-7-8-9-10-11-12-13-14-15-20(22)21-16-18-23-19-17-21/h2-19H2,1H3. The van der Waals surface area contributed by atoms with Crippen molar-refractivity contribution < 1.29 is 9.53 Å². The van der Waals surface area contributed by atoms with Crippen LogP contribution in [0.15, 0.2) is 0 Å². The number of ether oxygens (including phenoxy) is 1. The Bertz CT molecular complexity index is 275. The van der Waals surface area contributed by atoms with E-state index >= 15 is 0 Å². The highest BCUT2D eigenvalue weighted by atomic mass is 16.5. The van der Waals surface area contributed by atoms with E-state index in [1.165, 1.54) is 77.0 Å². The molecule has 3 nitrogen and oxygen atoms in total. The monoisotopic (exact) mass is 325 g/mol. The van der Waals surface area contributed by atoms with Crippen LogP contribution < -0.4 is 0 Å². The van der Waals surface area contributed by atoms with Crippen LogP contribution >= 0.6 is 0 Å². The highest BCUT2D eigenvalue weighted by Crippen LogP contribution is 2.13. The summed E-state index contributed by atoms with van der Waals surface area (Å²) >= 11 is 0. The maximum atomic E-state index is 12.0. The molecule has 1 rings (SSSR count). The van der Waals surface area contributed by atoms with Crippen molar-refractivity contribution in [2.24, 2.45) is 0 Å². The predicted molar refractivity (Wildman–Crippen MR) is 97.7 cm³/mol. The van der Waals surface area contributed by atoms with Crippen molar-refractivity contribution in [2.75, 3.05) is 26.3 Å². The van der Waals surface area contributed by atoms with E-state index in [4.69, 9.17) is 4.74 Å². The molecule has 0 spiro atoms. The first-order valence-corrected chi connectivity index (χ1v) is 10.2. The fourth-order valence-electron chi connectivity index (χ4n) is 3.26. The fourth-order valence-corrected chi connectivity index (χ4v) is 3.26. The maximum Gasteiger partial charge on any atom is 0.222 e. The molecule has 1 heterocycles. The number of carbonyl (C=O) groups is 1. The molecule has 0 aromatic carbocycles. The zero-order valence-corrected chi connectivity index (χ0v) is 15.5. The predicted octanol–water partition coefficient (Wildman–Crippen LogP) is 5.33. The van der Waals surface area contributed by atoms with Gasteiger partial charge in [-0.1, -0.05) is 84.0 Å². The van der Waals surface area contributed by atoms with Crippen LogP contribution in [0.1, 0.15) is 96.8 Å². The average Bonchev–Trinajstić information content (AvgIpc) is 2.59. The molecule has 1 fully saturated rings. The fraction of sp³-hybridized carbons (Fsp3) is 0.950. The smallest absolute Gasteiger partial charge is 0.222 e. The lowest BCUT2D eigenvalue weighted by Gasteiger charge is -2.26. The quantitative estimate of drug-likeness (QED) is 0.404. The second-order valence-corrected chi connectivity index (χ2v) is 6.99. The molecule has 1 saturated heterocycles. The number of hydrogen-bond acceptors (Lipinski definition) is 2. The van der Waals surface area contributed by atoms with Crippen molar-refractivity contribution >= 4 is 5.91 Å². The molecule has 3 heteroatoms. The highest BCUT2D eigenvalue weighted by Gasteiger charge is 2.15. The molecule has 0 saturated carbocycles. The summed E-state index contributed by atoms with van der Waals surface area (Å²) in [5.41, 5.74) is 0. The zero-order chi connectivity index (χ0) is 16.6. The summed E-state index contributed by atoms with van der Waals surface area (Å²) in [4.78, 5) is 13.9. The van der Waals surface area contributed by atoms with E-state index in [9.17, 15) is 4.79 Å². The number of nitrogens with zero attached hydrogens (tertiary/aromatic N) is 1. The summed E-state index contributed by atoms with van der Waals surface area (Å²) in [5.74, 6) is 0.330. The first-order valence-electron chi connectivity index (χ1n) is 10.2. The molecule has 0 unspecified atom stereocenters. The van der Waals surface area contributed by atoms with Gasteiger partial charge in [-0.3, -0.25) is 4.79 Å². The van der Waals surface area contributed by atoms with Crippen molar-refractivity contribution in [3.63, 3.8) is 0 Å². The van der Waals surface area contributed by atoms with Gasteiger partial charge in [0.1, 0.15) is 0 Å². The lowest BCUT2D eigenvalue weighted by atomic mass is 10.0. The zero-order valence-electron chi connectivity index (χ0n) is 15.5. The molecule has 0 bridgehead atoms. The third kappa shape index (κ3) is 11.6. The topological polar surface area (TPSA) is 29.5 Å². The van der Waals surface area contributed by atoms with E-state index < -0.39 is 0 Å². The van der Waals surface area contributed by atoms with Gasteiger partial charge in [0.05, 0.1) is 13.2 Å². The molecule has 0 atom stereocenters. The summed E-state index contributed by atoms with van der Waals surface area (Å²) in [6, 6.07) is 0. The van der Waals surface area contributed by atoms with Crippen LogP contribution in [0.5, 0.6) is 0 Å².